The first-order valence-corrected chi connectivity index (χ1v) is 7.89. The van der Waals surface area contributed by atoms with Crippen molar-refractivity contribution in [2.24, 2.45) is 0 Å². The molecule has 1 unspecified atom stereocenters. The fourth-order valence-corrected chi connectivity index (χ4v) is 2.85. The monoisotopic (exact) mass is 305 g/mol. The van der Waals surface area contributed by atoms with Crippen molar-refractivity contribution in [3.8, 4) is 0 Å². The van der Waals surface area contributed by atoms with E-state index in [1.165, 1.54) is 11.8 Å². The zero-order valence-electron chi connectivity index (χ0n) is 12.2. The van der Waals surface area contributed by atoms with E-state index in [1.54, 1.807) is 19.2 Å². The van der Waals surface area contributed by atoms with Crippen LogP contribution in [-0.2, 0) is 4.79 Å². The zero-order valence-corrected chi connectivity index (χ0v) is 13.0. The van der Waals surface area contributed by atoms with Gasteiger partial charge < -0.3 is 9.84 Å². The molecule has 2 rings (SSSR count). The van der Waals surface area contributed by atoms with Crippen LogP contribution >= 0.6 is 11.8 Å². The van der Waals surface area contributed by atoms with Crippen LogP contribution in [0.15, 0.2) is 40.0 Å². The Balaban J connectivity index is 2.02. The predicted octanol–water partition coefficient (Wildman–Crippen LogP) is 3.67. The molecule has 0 saturated carbocycles. The number of hydrogen-bond donors (Lipinski definition) is 1. The normalized spacial score (nSPS) is 12.1. The van der Waals surface area contributed by atoms with Gasteiger partial charge in [-0.15, -0.1) is 0 Å². The van der Waals surface area contributed by atoms with Gasteiger partial charge in [0, 0.05) is 12.3 Å². The van der Waals surface area contributed by atoms with Gasteiger partial charge in [-0.2, -0.15) is 0 Å². The summed E-state index contributed by atoms with van der Waals surface area (Å²) in [6, 6.07) is 7.41. The predicted molar refractivity (Wildman–Crippen MR) is 83.3 cm³/mol. The molecule has 0 bridgehead atoms. The van der Waals surface area contributed by atoms with Crippen LogP contribution in [0.25, 0.3) is 0 Å². The quantitative estimate of drug-likeness (QED) is 0.790. The molecular formula is C15H19N3O2S. The fraction of sp³-hybridized carbons (Fsp3) is 0.400. The Morgan fingerprint density at radius 1 is 1.48 bits per heavy atom. The Kier molecular flexibility index (Phi) is 5.80. The first-order valence-electron chi connectivity index (χ1n) is 7.01. The standard InChI is InChI=1S/C15H19N3O2S/c1-3-4-7-12(21-14-8-5-6-9-16-14)15(19)17-13-10-11(2)20-18-13/h5-6,8-10,12H,3-4,7H2,1-2H3,(H,17,18,19). The molecular weight excluding hydrogens is 286 g/mol. The number of thioether (sulfide) groups is 1. The van der Waals surface area contributed by atoms with Crippen molar-refractivity contribution in [1.82, 2.24) is 10.1 Å². The van der Waals surface area contributed by atoms with Crippen molar-refractivity contribution in [3.63, 3.8) is 0 Å². The highest BCUT2D eigenvalue weighted by Crippen LogP contribution is 2.26. The molecule has 6 heteroatoms. The lowest BCUT2D eigenvalue weighted by Gasteiger charge is -2.14. The molecule has 2 aromatic rings. The maximum atomic E-state index is 12.4. The van der Waals surface area contributed by atoms with E-state index < -0.39 is 0 Å². The molecule has 1 amide bonds. The molecule has 1 atom stereocenters. The first kappa shape index (κ1) is 15.6. The van der Waals surface area contributed by atoms with Gasteiger partial charge in [0.15, 0.2) is 5.82 Å². The minimum Gasteiger partial charge on any atom is -0.360 e. The molecule has 0 radical (unpaired) electrons. The van der Waals surface area contributed by atoms with Crippen LogP contribution in [0.3, 0.4) is 0 Å². The van der Waals surface area contributed by atoms with Gasteiger partial charge in [0.05, 0.1) is 10.3 Å². The topological polar surface area (TPSA) is 68.0 Å². The minimum atomic E-state index is -0.183. The van der Waals surface area contributed by atoms with Crippen LogP contribution in [0, 0.1) is 6.92 Å². The van der Waals surface area contributed by atoms with Gasteiger partial charge >= 0.3 is 0 Å². The summed E-state index contributed by atoms with van der Waals surface area (Å²) in [5.41, 5.74) is 0. The molecule has 0 saturated heterocycles. The molecule has 0 aliphatic carbocycles. The fourth-order valence-electron chi connectivity index (χ4n) is 1.83. The summed E-state index contributed by atoms with van der Waals surface area (Å²) in [6.07, 6.45) is 4.59. The highest BCUT2D eigenvalue weighted by Gasteiger charge is 2.21. The van der Waals surface area contributed by atoms with Crippen LogP contribution in [0.1, 0.15) is 31.9 Å². The average Bonchev–Trinajstić information content (AvgIpc) is 2.89. The number of hydrogen-bond acceptors (Lipinski definition) is 5. The minimum absolute atomic E-state index is 0.0626. The molecule has 1 N–H and O–H groups in total. The van der Waals surface area contributed by atoms with Gasteiger partial charge in [-0.05, 0) is 25.5 Å². The first-order chi connectivity index (χ1) is 10.2. The number of rotatable bonds is 7. The maximum Gasteiger partial charge on any atom is 0.239 e. The SMILES string of the molecule is CCCCC(Sc1ccccn1)C(=O)Nc1cc(C)on1. The lowest BCUT2D eigenvalue weighted by molar-refractivity contribution is -0.115. The second-order valence-electron chi connectivity index (χ2n) is 4.73. The van der Waals surface area contributed by atoms with Gasteiger partial charge in [0.1, 0.15) is 5.76 Å². The number of amides is 1. The molecule has 21 heavy (non-hydrogen) atoms. The number of carbonyl (C=O) groups excluding carboxylic acids is 1. The van der Waals surface area contributed by atoms with Crippen LogP contribution in [0.2, 0.25) is 0 Å². The third-order valence-electron chi connectivity index (χ3n) is 2.89. The molecule has 0 aromatic carbocycles. The summed E-state index contributed by atoms with van der Waals surface area (Å²) in [7, 11) is 0. The average molecular weight is 305 g/mol. The Morgan fingerprint density at radius 3 is 2.95 bits per heavy atom. The largest absolute Gasteiger partial charge is 0.360 e. The summed E-state index contributed by atoms with van der Waals surface area (Å²) in [4.78, 5) is 16.7. The maximum absolute atomic E-state index is 12.4. The van der Waals surface area contributed by atoms with E-state index in [0.717, 1.165) is 24.3 Å². The van der Waals surface area contributed by atoms with E-state index >= 15 is 0 Å². The van der Waals surface area contributed by atoms with E-state index in [0.29, 0.717) is 11.6 Å². The molecule has 112 valence electrons. The van der Waals surface area contributed by atoms with E-state index in [1.807, 2.05) is 18.2 Å². The van der Waals surface area contributed by atoms with Gasteiger partial charge in [-0.25, -0.2) is 4.98 Å². The van der Waals surface area contributed by atoms with Crippen molar-refractivity contribution in [2.75, 3.05) is 5.32 Å². The van der Waals surface area contributed by atoms with Crippen molar-refractivity contribution in [3.05, 3.63) is 36.2 Å². The number of nitrogens with one attached hydrogen (secondary N) is 1. The molecule has 5 nitrogen and oxygen atoms in total. The van der Waals surface area contributed by atoms with E-state index in [2.05, 4.69) is 22.4 Å². The van der Waals surface area contributed by atoms with E-state index in [9.17, 15) is 4.79 Å². The van der Waals surface area contributed by atoms with E-state index in [4.69, 9.17) is 4.52 Å². The number of carbonyl (C=O) groups is 1. The van der Waals surface area contributed by atoms with Crippen LogP contribution < -0.4 is 5.32 Å². The number of unbranched alkanes of at least 4 members (excludes halogenated alkanes) is 1. The smallest absolute Gasteiger partial charge is 0.239 e. The third kappa shape index (κ3) is 4.90. The number of nitrogens with zero attached hydrogens (tertiary/aromatic N) is 2. The second-order valence-corrected chi connectivity index (χ2v) is 5.95. The summed E-state index contributed by atoms with van der Waals surface area (Å²) in [5.74, 6) is 1.07. The summed E-state index contributed by atoms with van der Waals surface area (Å²) >= 11 is 1.48. The molecule has 2 aromatic heterocycles. The van der Waals surface area contributed by atoms with Crippen LogP contribution in [0.4, 0.5) is 5.82 Å². The van der Waals surface area contributed by atoms with Crippen molar-refractivity contribution in [1.29, 1.82) is 0 Å². The van der Waals surface area contributed by atoms with Crippen molar-refractivity contribution >= 4 is 23.5 Å². The lowest BCUT2D eigenvalue weighted by Crippen LogP contribution is -2.25. The van der Waals surface area contributed by atoms with Gasteiger partial charge in [0.25, 0.3) is 0 Å². The third-order valence-corrected chi connectivity index (χ3v) is 4.11. The van der Waals surface area contributed by atoms with Crippen molar-refractivity contribution in [2.45, 2.75) is 43.4 Å². The Morgan fingerprint density at radius 2 is 2.33 bits per heavy atom. The van der Waals surface area contributed by atoms with Crippen molar-refractivity contribution < 1.29 is 9.32 Å². The van der Waals surface area contributed by atoms with E-state index in [-0.39, 0.29) is 11.2 Å². The highest BCUT2D eigenvalue weighted by atomic mass is 32.2. The molecule has 0 fully saturated rings. The number of aryl methyl sites for hydroxylation is 1. The molecule has 2 heterocycles. The zero-order chi connectivity index (χ0) is 15.1. The number of pyridine rings is 1. The molecule has 0 aliphatic heterocycles. The molecule has 0 spiro atoms. The number of aromatic nitrogens is 2. The Bertz CT molecular complexity index is 571. The van der Waals surface area contributed by atoms with Crippen LogP contribution in [-0.4, -0.2) is 21.3 Å². The van der Waals surface area contributed by atoms with Gasteiger partial charge in [-0.1, -0.05) is 42.8 Å². The Hall–Kier alpha value is -1.82. The van der Waals surface area contributed by atoms with Gasteiger partial charge in [0.2, 0.25) is 5.91 Å². The summed E-state index contributed by atoms with van der Waals surface area (Å²) < 4.78 is 4.96. The highest BCUT2D eigenvalue weighted by molar-refractivity contribution is 8.00. The lowest BCUT2D eigenvalue weighted by atomic mass is 10.2. The van der Waals surface area contributed by atoms with Gasteiger partial charge in [-0.3, -0.25) is 4.79 Å². The summed E-state index contributed by atoms with van der Waals surface area (Å²) in [5, 5.41) is 7.26. The summed E-state index contributed by atoms with van der Waals surface area (Å²) in [6.45, 7) is 3.90. The Labute approximate surface area is 128 Å². The van der Waals surface area contributed by atoms with Crippen LogP contribution in [0.5, 0.6) is 0 Å². The number of anilines is 1. The molecule has 0 aliphatic rings. The second kappa shape index (κ2) is 7.83.